The molecule has 0 spiro atoms. The first-order valence-corrected chi connectivity index (χ1v) is 12.4. The standard InChI is InChI=1S/C26H25N3O5S/c1-4-32-20-13-16(9-10-19(20)33-12-11-15(2)3)22-21-23(30)17-7-5-6-8-18(17)34-24(21)25(31)29(22)26-28-27-14-35-26/h5-10,13-15,22H,4,11-12H2,1-3H3. The average Bonchev–Trinajstić information content (AvgIpc) is 3.47. The Kier molecular flexibility index (Phi) is 6.25. The molecule has 0 saturated heterocycles. The molecule has 35 heavy (non-hydrogen) atoms. The summed E-state index contributed by atoms with van der Waals surface area (Å²) in [4.78, 5) is 28.6. The van der Waals surface area contributed by atoms with Crippen LogP contribution < -0.4 is 19.8 Å². The zero-order chi connectivity index (χ0) is 24.5. The molecule has 1 atom stereocenters. The number of anilines is 1. The highest BCUT2D eigenvalue weighted by atomic mass is 32.1. The lowest BCUT2D eigenvalue weighted by Gasteiger charge is -2.23. The predicted molar refractivity (Wildman–Crippen MR) is 134 cm³/mol. The Balaban J connectivity index is 1.66. The number of aromatic nitrogens is 2. The van der Waals surface area contributed by atoms with Crippen LogP contribution in [0.3, 0.4) is 0 Å². The lowest BCUT2D eigenvalue weighted by molar-refractivity contribution is 0.0970. The molecule has 1 amide bonds. The molecular weight excluding hydrogens is 466 g/mol. The van der Waals surface area contributed by atoms with Gasteiger partial charge in [-0.2, -0.15) is 0 Å². The summed E-state index contributed by atoms with van der Waals surface area (Å²) in [6, 6.07) is 11.7. The van der Waals surface area contributed by atoms with Crippen molar-refractivity contribution in [3.63, 3.8) is 0 Å². The molecule has 1 unspecified atom stereocenters. The van der Waals surface area contributed by atoms with Crippen molar-refractivity contribution in [3.05, 3.63) is 75.1 Å². The minimum Gasteiger partial charge on any atom is -0.490 e. The number of carbonyl (C=O) groups excluding carboxylic acids is 1. The van der Waals surface area contributed by atoms with Crippen molar-refractivity contribution < 1.29 is 18.7 Å². The Morgan fingerprint density at radius 3 is 2.69 bits per heavy atom. The number of rotatable bonds is 8. The second-order valence-electron chi connectivity index (χ2n) is 8.64. The number of hydrogen-bond acceptors (Lipinski definition) is 8. The van der Waals surface area contributed by atoms with Crippen LogP contribution in [-0.2, 0) is 0 Å². The molecule has 5 rings (SSSR count). The molecule has 180 valence electrons. The average molecular weight is 492 g/mol. The quantitative estimate of drug-likeness (QED) is 0.334. The Morgan fingerprint density at radius 2 is 1.94 bits per heavy atom. The van der Waals surface area contributed by atoms with E-state index in [2.05, 4.69) is 24.0 Å². The summed E-state index contributed by atoms with van der Waals surface area (Å²) in [5.41, 5.74) is 2.63. The van der Waals surface area contributed by atoms with Crippen LogP contribution in [0, 0.1) is 5.92 Å². The van der Waals surface area contributed by atoms with Gasteiger partial charge in [0.1, 0.15) is 11.1 Å². The second-order valence-corrected chi connectivity index (χ2v) is 9.45. The normalized spacial score (nSPS) is 15.1. The molecule has 2 aromatic carbocycles. The Morgan fingerprint density at radius 1 is 1.11 bits per heavy atom. The third-order valence-corrected chi connectivity index (χ3v) is 6.56. The molecule has 1 aliphatic rings. The maximum atomic E-state index is 13.6. The van der Waals surface area contributed by atoms with Gasteiger partial charge >= 0.3 is 0 Å². The van der Waals surface area contributed by atoms with Gasteiger partial charge in [0.05, 0.1) is 30.2 Å². The first-order valence-electron chi connectivity index (χ1n) is 11.5. The van der Waals surface area contributed by atoms with Gasteiger partial charge in [-0.3, -0.25) is 14.5 Å². The number of hydrogen-bond donors (Lipinski definition) is 0. The van der Waals surface area contributed by atoms with Gasteiger partial charge in [0, 0.05) is 0 Å². The maximum absolute atomic E-state index is 13.6. The van der Waals surface area contributed by atoms with Crippen LogP contribution in [-0.4, -0.2) is 29.3 Å². The highest BCUT2D eigenvalue weighted by molar-refractivity contribution is 7.13. The van der Waals surface area contributed by atoms with Crippen molar-refractivity contribution in [2.45, 2.75) is 33.2 Å². The van der Waals surface area contributed by atoms with Gasteiger partial charge in [-0.05, 0) is 49.1 Å². The van der Waals surface area contributed by atoms with E-state index in [0.29, 0.717) is 52.3 Å². The molecule has 0 N–H and O–H groups in total. The van der Waals surface area contributed by atoms with Crippen LogP contribution in [0.25, 0.3) is 11.0 Å². The lowest BCUT2D eigenvalue weighted by atomic mass is 9.98. The van der Waals surface area contributed by atoms with Crippen molar-refractivity contribution in [1.82, 2.24) is 10.2 Å². The zero-order valence-corrected chi connectivity index (χ0v) is 20.5. The molecule has 3 heterocycles. The molecule has 0 fully saturated rings. The third-order valence-electron chi connectivity index (χ3n) is 5.87. The molecule has 4 aromatic rings. The number of carbonyl (C=O) groups is 1. The summed E-state index contributed by atoms with van der Waals surface area (Å²) >= 11 is 1.22. The Labute approximate surface area is 206 Å². The van der Waals surface area contributed by atoms with Crippen LogP contribution in [0.15, 0.2) is 57.2 Å². The van der Waals surface area contributed by atoms with Crippen molar-refractivity contribution in [2.75, 3.05) is 18.1 Å². The van der Waals surface area contributed by atoms with E-state index in [1.165, 1.54) is 16.2 Å². The summed E-state index contributed by atoms with van der Waals surface area (Å²) in [5, 5.41) is 8.81. The third kappa shape index (κ3) is 4.16. The number of para-hydroxylation sites is 1. The van der Waals surface area contributed by atoms with Crippen LogP contribution in [0.1, 0.15) is 54.9 Å². The number of ether oxygens (including phenoxy) is 2. The minimum atomic E-state index is -0.741. The highest BCUT2D eigenvalue weighted by Crippen LogP contribution is 2.43. The molecule has 0 aliphatic carbocycles. The fourth-order valence-corrected chi connectivity index (χ4v) is 4.78. The van der Waals surface area contributed by atoms with E-state index in [1.54, 1.807) is 29.8 Å². The van der Waals surface area contributed by atoms with E-state index in [4.69, 9.17) is 13.9 Å². The van der Waals surface area contributed by atoms with E-state index < -0.39 is 11.9 Å². The van der Waals surface area contributed by atoms with Gasteiger partial charge in [-0.1, -0.05) is 43.4 Å². The van der Waals surface area contributed by atoms with E-state index >= 15 is 0 Å². The van der Waals surface area contributed by atoms with Crippen LogP contribution in [0.2, 0.25) is 0 Å². The van der Waals surface area contributed by atoms with E-state index in [1.807, 2.05) is 25.1 Å². The minimum absolute atomic E-state index is 0.0177. The first-order chi connectivity index (χ1) is 17.0. The topological polar surface area (TPSA) is 94.8 Å². The molecule has 1 aliphatic heterocycles. The van der Waals surface area contributed by atoms with Crippen molar-refractivity contribution in [1.29, 1.82) is 0 Å². The molecule has 2 aromatic heterocycles. The number of amides is 1. The van der Waals surface area contributed by atoms with Crippen LogP contribution in [0.5, 0.6) is 11.5 Å². The summed E-state index contributed by atoms with van der Waals surface area (Å²) < 4.78 is 17.8. The van der Waals surface area contributed by atoms with Crippen molar-refractivity contribution >= 4 is 33.3 Å². The molecular formula is C26H25N3O5S. The van der Waals surface area contributed by atoms with E-state index in [-0.39, 0.29) is 16.8 Å². The lowest BCUT2D eigenvalue weighted by Crippen LogP contribution is -2.29. The number of fused-ring (bicyclic) bond motifs is 2. The molecule has 0 radical (unpaired) electrons. The highest BCUT2D eigenvalue weighted by Gasteiger charge is 2.45. The smallest absolute Gasteiger partial charge is 0.297 e. The summed E-state index contributed by atoms with van der Waals surface area (Å²) in [5.74, 6) is 1.27. The molecule has 0 bridgehead atoms. The molecule has 0 saturated carbocycles. The van der Waals surface area contributed by atoms with Crippen LogP contribution in [0.4, 0.5) is 5.13 Å². The van der Waals surface area contributed by atoms with Crippen molar-refractivity contribution in [3.8, 4) is 11.5 Å². The van der Waals surface area contributed by atoms with Gasteiger partial charge in [0.2, 0.25) is 10.9 Å². The fourth-order valence-electron chi connectivity index (χ4n) is 4.19. The summed E-state index contributed by atoms with van der Waals surface area (Å²) in [7, 11) is 0. The van der Waals surface area contributed by atoms with Gasteiger partial charge in [-0.15, -0.1) is 10.2 Å². The zero-order valence-electron chi connectivity index (χ0n) is 19.7. The first kappa shape index (κ1) is 23.0. The molecule has 9 heteroatoms. The Hall–Kier alpha value is -3.72. The van der Waals surface area contributed by atoms with Gasteiger partial charge < -0.3 is 13.9 Å². The largest absolute Gasteiger partial charge is 0.490 e. The van der Waals surface area contributed by atoms with Gasteiger partial charge in [0.25, 0.3) is 5.91 Å². The maximum Gasteiger partial charge on any atom is 0.297 e. The summed E-state index contributed by atoms with van der Waals surface area (Å²) in [6.07, 6.45) is 0.913. The van der Waals surface area contributed by atoms with E-state index in [9.17, 15) is 9.59 Å². The van der Waals surface area contributed by atoms with Gasteiger partial charge in [0.15, 0.2) is 16.9 Å². The molecule has 8 nitrogen and oxygen atoms in total. The fraction of sp³-hybridized carbons (Fsp3) is 0.308. The van der Waals surface area contributed by atoms with E-state index in [0.717, 1.165) is 6.42 Å². The SMILES string of the molecule is CCOc1cc(C2c3c(oc4ccccc4c3=O)C(=O)N2c2nncs2)ccc1OCCC(C)C. The van der Waals surface area contributed by atoms with Gasteiger partial charge in [-0.25, -0.2) is 0 Å². The Bertz CT molecular complexity index is 1430. The monoisotopic (exact) mass is 491 g/mol. The summed E-state index contributed by atoms with van der Waals surface area (Å²) in [6.45, 7) is 7.18. The number of benzene rings is 2. The predicted octanol–water partition coefficient (Wildman–Crippen LogP) is 5.22. The van der Waals surface area contributed by atoms with Crippen LogP contribution >= 0.6 is 11.3 Å². The van der Waals surface area contributed by atoms with Crippen molar-refractivity contribution in [2.24, 2.45) is 5.92 Å². The number of nitrogens with zero attached hydrogens (tertiary/aromatic N) is 3. The second kappa shape index (κ2) is 9.50.